The number of phenolic OH excluding ortho intramolecular Hbond substituents is 1. The van der Waals surface area contributed by atoms with E-state index in [1.54, 1.807) is 12.1 Å². The number of aryl methyl sites for hydroxylation is 1. The Bertz CT molecular complexity index is 742. The van der Waals surface area contributed by atoms with Crippen LogP contribution in [0.2, 0.25) is 0 Å². The highest BCUT2D eigenvalue weighted by molar-refractivity contribution is 6.06. The van der Waals surface area contributed by atoms with Crippen molar-refractivity contribution in [2.45, 2.75) is 39.0 Å². The largest absolute Gasteiger partial charge is 0.507 e. The summed E-state index contributed by atoms with van der Waals surface area (Å²) < 4.78 is 0. The number of non-ortho nitro benzene ring substituents is 1. The quantitative estimate of drug-likeness (QED) is 0.414. The third-order valence-corrected chi connectivity index (χ3v) is 3.97. The number of nitro groups is 1. The number of phenols is 1. The number of anilines is 1. The first kappa shape index (κ1) is 18.4. The van der Waals surface area contributed by atoms with Crippen LogP contribution in [0.3, 0.4) is 0 Å². The van der Waals surface area contributed by atoms with Gasteiger partial charge in [-0.05, 0) is 36.6 Å². The number of aromatic hydroxyl groups is 1. The molecule has 0 radical (unpaired) electrons. The topological polar surface area (TPSA) is 92.5 Å². The Labute approximate surface area is 146 Å². The molecule has 0 fully saturated rings. The molecule has 0 atom stereocenters. The highest BCUT2D eigenvalue weighted by Gasteiger charge is 2.16. The van der Waals surface area contributed by atoms with Crippen LogP contribution in [-0.2, 0) is 6.42 Å². The molecule has 0 spiro atoms. The fourth-order valence-corrected chi connectivity index (χ4v) is 2.53. The third kappa shape index (κ3) is 5.31. The van der Waals surface area contributed by atoms with Crippen LogP contribution < -0.4 is 5.32 Å². The molecule has 25 heavy (non-hydrogen) atoms. The van der Waals surface area contributed by atoms with Gasteiger partial charge in [0.1, 0.15) is 5.75 Å². The number of hydrogen-bond acceptors (Lipinski definition) is 4. The molecule has 2 aromatic carbocycles. The Morgan fingerprint density at radius 2 is 1.84 bits per heavy atom. The zero-order valence-corrected chi connectivity index (χ0v) is 14.2. The van der Waals surface area contributed by atoms with E-state index >= 15 is 0 Å². The van der Waals surface area contributed by atoms with Crippen LogP contribution in [0.1, 0.15) is 48.5 Å². The molecule has 1 amide bonds. The standard InChI is InChI=1S/C19H22N2O4/c1-2-3-4-5-6-14-7-9-15(10-8-14)20-19(23)17-13-16(21(24)25)11-12-18(17)22/h7-13,22H,2-6H2,1H3,(H,20,23). The van der Waals surface area contributed by atoms with E-state index in [0.717, 1.165) is 31.0 Å². The molecule has 0 saturated heterocycles. The molecule has 2 rings (SSSR count). The predicted molar refractivity (Wildman–Crippen MR) is 97.0 cm³/mol. The lowest BCUT2D eigenvalue weighted by atomic mass is 10.1. The van der Waals surface area contributed by atoms with Gasteiger partial charge in [-0.25, -0.2) is 0 Å². The van der Waals surface area contributed by atoms with Crippen molar-refractivity contribution < 1.29 is 14.8 Å². The van der Waals surface area contributed by atoms with Crippen molar-refractivity contribution >= 4 is 17.3 Å². The van der Waals surface area contributed by atoms with Crippen molar-refractivity contribution in [3.63, 3.8) is 0 Å². The van der Waals surface area contributed by atoms with E-state index in [-0.39, 0.29) is 17.0 Å². The molecule has 0 aliphatic rings. The van der Waals surface area contributed by atoms with Crippen molar-refractivity contribution in [3.8, 4) is 5.75 Å². The smallest absolute Gasteiger partial charge is 0.270 e. The summed E-state index contributed by atoms with van der Waals surface area (Å²) in [6.07, 6.45) is 5.79. The monoisotopic (exact) mass is 342 g/mol. The van der Waals surface area contributed by atoms with Crippen LogP contribution in [0.15, 0.2) is 42.5 Å². The Balaban J connectivity index is 2.01. The second-order valence-corrected chi connectivity index (χ2v) is 5.92. The van der Waals surface area contributed by atoms with Crippen molar-refractivity contribution in [2.24, 2.45) is 0 Å². The summed E-state index contributed by atoms with van der Waals surface area (Å²) in [7, 11) is 0. The number of nitro benzene ring substituents is 1. The number of rotatable bonds is 8. The van der Waals surface area contributed by atoms with E-state index in [2.05, 4.69) is 12.2 Å². The lowest BCUT2D eigenvalue weighted by molar-refractivity contribution is -0.384. The first-order chi connectivity index (χ1) is 12.0. The zero-order valence-electron chi connectivity index (χ0n) is 14.2. The van der Waals surface area contributed by atoms with Crippen LogP contribution >= 0.6 is 0 Å². The molecule has 0 unspecified atom stereocenters. The maximum atomic E-state index is 12.2. The van der Waals surface area contributed by atoms with E-state index in [1.807, 2.05) is 12.1 Å². The van der Waals surface area contributed by atoms with Gasteiger partial charge < -0.3 is 10.4 Å². The Morgan fingerprint density at radius 3 is 2.48 bits per heavy atom. The molecule has 0 aliphatic heterocycles. The summed E-state index contributed by atoms with van der Waals surface area (Å²) >= 11 is 0. The summed E-state index contributed by atoms with van der Waals surface area (Å²) in [5, 5.41) is 23.2. The number of hydrogen-bond donors (Lipinski definition) is 2. The molecule has 2 aromatic rings. The van der Waals surface area contributed by atoms with E-state index in [9.17, 15) is 20.0 Å². The van der Waals surface area contributed by atoms with Crippen LogP contribution in [-0.4, -0.2) is 15.9 Å². The molecular weight excluding hydrogens is 320 g/mol. The van der Waals surface area contributed by atoms with E-state index in [1.165, 1.54) is 24.8 Å². The lowest BCUT2D eigenvalue weighted by Gasteiger charge is -2.08. The normalized spacial score (nSPS) is 10.4. The minimum absolute atomic E-state index is 0.127. The number of carbonyl (C=O) groups is 1. The van der Waals surface area contributed by atoms with Gasteiger partial charge in [0.2, 0.25) is 0 Å². The number of amides is 1. The van der Waals surface area contributed by atoms with E-state index < -0.39 is 10.8 Å². The molecule has 0 aliphatic carbocycles. The number of nitrogens with one attached hydrogen (secondary N) is 1. The van der Waals surface area contributed by atoms with E-state index in [4.69, 9.17) is 0 Å². The number of carbonyl (C=O) groups excluding carboxylic acids is 1. The van der Waals surface area contributed by atoms with Gasteiger partial charge in [0, 0.05) is 17.8 Å². The van der Waals surface area contributed by atoms with Gasteiger partial charge in [-0.15, -0.1) is 0 Å². The Morgan fingerprint density at radius 1 is 1.12 bits per heavy atom. The average molecular weight is 342 g/mol. The fourth-order valence-electron chi connectivity index (χ4n) is 2.53. The van der Waals surface area contributed by atoms with Crippen LogP contribution in [0, 0.1) is 10.1 Å². The van der Waals surface area contributed by atoms with Gasteiger partial charge in [-0.1, -0.05) is 38.3 Å². The first-order valence-electron chi connectivity index (χ1n) is 8.39. The summed E-state index contributed by atoms with van der Waals surface area (Å²) in [6, 6.07) is 10.9. The minimum atomic E-state index is -0.608. The van der Waals surface area contributed by atoms with Gasteiger partial charge >= 0.3 is 0 Å². The van der Waals surface area contributed by atoms with E-state index in [0.29, 0.717) is 5.69 Å². The average Bonchev–Trinajstić information content (AvgIpc) is 2.60. The molecule has 2 N–H and O–H groups in total. The number of nitrogens with zero attached hydrogens (tertiary/aromatic N) is 1. The summed E-state index contributed by atoms with van der Waals surface area (Å²) in [5.41, 5.74) is 1.41. The first-order valence-corrected chi connectivity index (χ1v) is 8.39. The van der Waals surface area contributed by atoms with Crippen LogP contribution in [0.25, 0.3) is 0 Å². The molecule has 6 nitrogen and oxygen atoms in total. The number of benzene rings is 2. The van der Waals surface area contributed by atoms with Gasteiger partial charge in [0.15, 0.2) is 0 Å². The van der Waals surface area contributed by atoms with Crippen LogP contribution in [0.5, 0.6) is 5.75 Å². The van der Waals surface area contributed by atoms with Crippen molar-refractivity contribution in [2.75, 3.05) is 5.32 Å². The van der Waals surface area contributed by atoms with Crippen molar-refractivity contribution in [1.29, 1.82) is 0 Å². The van der Waals surface area contributed by atoms with Crippen molar-refractivity contribution in [3.05, 3.63) is 63.7 Å². The Kier molecular flexibility index (Phi) is 6.51. The summed E-state index contributed by atoms with van der Waals surface area (Å²) in [6.45, 7) is 2.18. The maximum Gasteiger partial charge on any atom is 0.270 e. The SMILES string of the molecule is CCCCCCc1ccc(NC(=O)c2cc([N+](=O)[O-])ccc2O)cc1. The fraction of sp³-hybridized carbons (Fsp3) is 0.316. The highest BCUT2D eigenvalue weighted by atomic mass is 16.6. The van der Waals surface area contributed by atoms with Gasteiger partial charge in [-0.2, -0.15) is 0 Å². The molecular formula is C19H22N2O4. The minimum Gasteiger partial charge on any atom is -0.507 e. The van der Waals surface area contributed by atoms with Crippen LogP contribution in [0.4, 0.5) is 11.4 Å². The molecule has 0 heterocycles. The number of unbranched alkanes of at least 4 members (excludes halogenated alkanes) is 3. The van der Waals surface area contributed by atoms with Gasteiger partial charge in [0.05, 0.1) is 10.5 Å². The van der Waals surface area contributed by atoms with Crippen molar-refractivity contribution in [1.82, 2.24) is 0 Å². The summed E-state index contributed by atoms with van der Waals surface area (Å²) in [4.78, 5) is 22.4. The predicted octanol–water partition coefficient (Wildman–Crippen LogP) is 4.68. The molecule has 6 heteroatoms. The Hall–Kier alpha value is -2.89. The molecule has 0 saturated carbocycles. The van der Waals surface area contributed by atoms with Gasteiger partial charge in [-0.3, -0.25) is 14.9 Å². The zero-order chi connectivity index (χ0) is 18.2. The second kappa shape index (κ2) is 8.82. The highest BCUT2D eigenvalue weighted by Crippen LogP contribution is 2.24. The molecule has 0 aromatic heterocycles. The molecule has 132 valence electrons. The second-order valence-electron chi connectivity index (χ2n) is 5.92. The third-order valence-electron chi connectivity index (χ3n) is 3.97. The summed E-state index contributed by atoms with van der Waals surface area (Å²) in [5.74, 6) is -0.882. The molecule has 0 bridgehead atoms. The maximum absolute atomic E-state index is 12.2. The lowest BCUT2D eigenvalue weighted by Crippen LogP contribution is -2.12. The van der Waals surface area contributed by atoms with Gasteiger partial charge in [0.25, 0.3) is 11.6 Å².